The molecule has 1 aliphatic carbocycles. The molecule has 0 amide bonds. The summed E-state index contributed by atoms with van der Waals surface area (Å²) in [5.41, 5.74) is 0. The number of hydrogen-bond donors (Lipinski definition) is 1. The van der Waals surface area contributed by atoms with Crippen LogP contribution in [0.15, 0.2) is 6.20 Å². The quantitative estimate of drug-likeness (QED) is 0.871. The van der Waals surface area contributed by atoms with Gasteiger partial charge in [0.25, 0.3) is 0 Å². The van der Waals surface area contributed by atoms with Crippen molar-refractivity contribution in [3.8, 4) is 0 Å². The summed E-state index contributed by atoms with van der Waals surface area (Å²) in [5.74, 6) is 0.911. The summed E-state index contributed by atoms with van der Waals surface area (Å²) < 4.78 is 0. The van der Waals surface area contributed by atoms with Gasteiger partial charge in [-0.2, -0.15) is 0 Å². The molecule has 1 N–H and O–H groups in total. The van der Waals surface area contributed by atoms with Crippen molar-refractivity contribution in [2.45, 2.75) is 52.0 Å². The molecule has 3 heteroatoms. The van der Waals surface area contributed by atoms with Gasteiger partial charge in [-0.1, -0.05) is 19.8 Å². The van der Waals surface area contributed by atoms with Crippen LogP contribution in [-0.2, 0) is 6.42 Å². The third kappa shape index (κ3) is 3.56. The summed E-state index contributed by atoms with van der Waals surface area (Å²) in [6.07, 6.45) is 8.60. The van der Waals surface area contributed by atoms with Gasteiger partial charge in [-0.15, -0.1) is 11.3 Å². The van der Waals surface area contributed by atoms with Crippen LogP contribution in [0, 0.1) is 12.8 Å². The summed E-state index contributed by atoms with van der Waals surface area (Å²) in [6.45, 7) is 5.58. The molecule has 90 valence electrons. The van der Waals surface area contributed by atoms with Crippen LogP contribution in [0.1, 0.15) is 42.5 Å². The van der Waals surface area contributed by atoms with Crippen LogP contribution >= 0.6 is 11.3 Å². The van der Waals surface area contributed by atoms with Gasteiger partial charge in [-0.3, -0.25) is 0 Å². The van der Waals surface area contributed by atoms with E-state index in [4.69, 9.17) is 0 Å². The second-order valence-corrected chi connectivity index (χ2v) is 6.36. The molecule has 1 aromatic rings. The third-order valence-corrected chi connectivity index (χ3v) is 4.35. The average Bonchev–Trinajstić information content (AvgIpc) is 2.64. The fraction of sp³-hybridized carbons (Fsp3) is 0.769. The molecule has 0 saturated heterocycles. The standard InChI is InChI=1S/C13H22N2S/c1-10-4-3-5-12(8-10)14-7-6-13-15-9-11(2)16-13/h9-10,12,14H,3-8H2,1-2H3. The van der Waals surface area contributed by atoms with Crippen molar-refractivity contribution in [2.24, 2.45) is 5.92 Å². The van der Waals surface area contributed by atoms with Crippen LogP contribution in [0.3, 0.4) is 0 Å². The summed E-state index contributed by atoms with van der Waals surface area (Å²) in [6, 6.07) is 0.754. The van der Waals surface area contributed by atoms with Crippen LogP contribution in [0.25, 0.3) is 0 Å². The Kier molecular flexibility index (Phi) is 4.36. The highest BCUT2D eigenvalue weighted by molar-refractivity contribution is 7.11. The monoisotopic (exact) mass is 238 g/mol. The normalized spacial score (nSPS) is 25.9. The van der Waals surface area contributed by atoms with E-state index >= 15 is 0 Å². The molecule has 1 fully saturated rings. The number of hydrogen-bond acceptors (Lipinski definition) is 3. The molecule has 16 heavy (non-hydrogen) atoms. The van der Waals surface area contributed by atoms with E-state index in [1.54, 1.807) is 0 Å². The van der Waals surface area contributed by atoms with Gasteiger partial charge in [-0.25, -0.2) is 4.98 Å². The fourth-order valence-corrected chi connectivity index (χ4v) is 3.31. The predicted molar refractivity (Wildman–Crippen MR) is 70.0 cm³/mol. The maximum Gasteiger partial charge on any atom is 0.0940 e. The minimum atomic E-state index is 0.754. The lowest BCUT2D eigenvalue weighted by molar-refractivity contribution is 0.303. The zero-order chi connectivity index (χ0) is 11.4. The molecule has 1 aliphatic rings. The molecular weight excluding hydrogens is 216 g/mol. The Bertz CT molecular complexity index is 321. The van der Waals surface area contributed by atoms with E-state index < -0.39 is 0 Å². The number of nitrogens with zero attached hydrogens (tertiary/aromatic N) is 1. The van der Waals surface area contributed by atoms with Crippen molar-refractivity contribution in [1.82, 2.24) is 10.3 Å². The Morgan fingerprint density at radius 3 is 3.06 bits per heavy atom. The first kappa shape index (κ1) is 12.1. The molecule has 0 bridgehead atoms. The molecule has 0 radical (unpaired) electrons. The summed E-state index contributed by atoms with van der Waals surface area (Å²) >= 11 is 1.82. The van der Waals surface area contributed by atoms with Crippen LogP contribution in [0.5, 0.6) is 0 Å². The van der Waals surface area contributed by atoms with E-state index in [-0.39, 0.29) is 0 Å². The minimum Gasteiger partial charge on any atom is -0.314 e. The van der Waals surface area contributed by atoms with Crippen molar-refractivity contribution >= 4 is 11.3 Å². The SMILES string of the molecule is Cc1cnc(CCNC2CCCC(C)C2)s1. The second kappa shape index (κ2) is 5.78. The fourth-order valence-electron chi connectivity index (χ4n) is 2.52. The third-order valence-electron chi connectivity index (χ3n) is 3.38. The maximum atomic E-state index is 4.39. The smallest absolute Gasteiger partial charge is 0.0940 e. The molecule has 0 aliphatic heterocycles. The largest absolute Gasteiger partial charge is 0.314 e. The molecule has 2 rings (SSSR count). The lowest BCUT2D eigenvalue weighted by Crippen LogP contribution is -2.34. The minimum absolute atomic E-state index is 0.754. The van der Waals surface area contributed by atoms with Gasteiger partial charge in [0.05, 0.1) is 5.01 Å². The zero-order valence-corrected chi connectivity index (χ0v) is 11.1. The van der Waals surface area contributed by atoms with Crippen LogP contribution in [0.2, 0.25) is 0 Å². The molecular formula is C13H22N2S. The van der Waals surface area contributed by atoms with Crippen molar-refractivity contribution in [3.05, 3.63) is 16.1 Å². The number of thiazole rings is 1. The van der Waals surface area contributed by atoms with Crippen molar-refractivity contribution in [2.75, 3.05) is 6.54 Å². The van der Waals surface area contributed by atoms with E-state index in [0.717, 1.165) is 24.9 Å². The highest BCUT2D eigenvalue weighted by Crippen LogP contribution is 2.23. The first-order valence-corrected chi connectivity index (χ1v) is 7.20. The Labute approximate surface area is 102 Å². The van der Waals surface area contributed by atoms with Crippen LogP contribution in [0.4, 0.5) is 0 Å². The van der Waals surface area contributed by atoms with E-state index in [1.807, 2.05) is 17.5 Å². The number of aromatic nitrogens is 1. The van der Waals surface area contributed by atoms with Gasteiger partial charge in [-0.05, 0) is 25.7 Å². The van der Waals surface area contributed by atoms with Gasteiger partial charge in [0.2, 0.25) is 0 Å². The zero-order valence-electron chi connectivity index (χ0n) is 10.3. The Balaban J connectivity index is 1.67. The Morgan fingerprint density at radius 2 is 2.38 bits per heavy atom. The first-order valence-electron chi connectivity index (χ1n) is 6.38. The average molecular weight is 238 g/mol. The molecule has 0 spiro atoms. The van der Waals surface area contributed by atoms with E-state index in [2.05, 4.69) is 24.1 Å². The summed E-state index contributed by atoms with van der Waals surface area (Å²) in [7, 11) is 0. The molecule has 1 saturated carbocycles. The van der Waals surface area contributed by atoms with Crippen molar-refractivity contribution < 1.29 is 0 Å². The van der Waals surface area contributed by atoms with Crippen molar-refractivity contribution in [1.29, 1.82) is 0 Å². The van der Waals surface area contributed by atoms with Crippen molar-refractivity contribution in [3.63, 3.8) is 0 Å². The molecule has 0 aromatic carbocycles. The summed E-state index contributed by atoms with van der Waals surface area (Å²) in [4.78, 5) is 5.71. The van der Waals surface area contributed by atoms with E-state index in [1.165, 1.54) is 35.6 Å². The molecule has 1 aromatic heterocycles. The first-order chi connectivity index (χ1) is 7.74. The molecule has 1 heterocycles. The van der Waals surface area contributed by atoms with Gasteiger partial charge in [0.1, 0.15) is 0 Å². The number of rotatable bonds is 4. The number of aryl methyl sites for hydroxylation is 1. The second-order valence-electron chi connectivity index (χ2n) is 5.04. The van der Waals surface area contributed by atoms with Crippen LogP contribution < -0.4 is 5.32 Å². The predicted octanol–water partition coefficient (Wildman–Crippen LogP) is 3.16. The van der Waals surface area contributed by atoms with E-state index in [0.29, 0.717) is 0 Å². The summed E-state index contributed by atoms with van der Waals surface area (Å²) in [5, 5.41) is 4.95. The van der Waals surface area contributed by atoms with E-state index in [9.17, 15) is 0 Å². The van der Waals surface area contributed by atoms with Gasteiger partial charge < -0.3 is 5.32 Å². The number of nitrogens with one attached hydrogen (secondary N) is 1. The van der Waals surface area contributed by atoms with Crippen LogP contribution in [-0.4, -0.2) is 17.6 Å². The van der Waals surface area contributed by atoms with Gasteiger partial charge in [0, 0.05) is 30.1 Å². The molecule has 2 unspecified atom stereocenters. The molecule has 2 atom stereocenters. The van der Waals surface area contributed by atoms with Gasteiger partial charge in [0.15, 0.2) is 0 Å². The lowest BCUT2D eigenvalue weighted by atomic mass is 9.87. The Hall–Kier alpha value is -0.410. The highest BCUT2D eigenvalue weighted by atomic mass is 32.1. The maximum absolute atomic E-state index is 4.39. The molecule has 2 nitrogen and oxygen atoms in total. The Morgan fingerprint density at radius 1 is 1.50 bits per heavy atom. The topological polar surface area (TPSA) is 24.9 Å². The highest BCUT2D eigenvalue weighted by Gasteiger charge is 2.17. The van der Waals surface area contributed by atoms with Gasteiger partial charge >= 0.3 is 0 Å². The lowest BCUT2D eigenvalue weighted by Gasteiger charge is -2.27.